The van der Waals surface area contributed by atoms with Crippen molar-refractivity contribution in [1.82, 2.24) is 14.6 Å². The van der Waals surface area contributed by atoms with Crippen LogP contribution in [0.3, 0.4) is 0 Å². The van der Waals surface area contributed by atoms with Crippen LogP contribution in [0.15, 0.2) is 47.5 Å². The monoisotopic (exact) mass is 283 g/mol. The van der Waals surface area contributed by atoms with Crippen molar-refractivity contribution in [2.45, 2.75) is 6.92 Å². The summed E-state index contributed by atoms with van der Waals surface area (Å²) >= 11 is 0. The fourth-order valence-electron chi connectivity index (χ4n) is 2.14. The Bertz CT molecular complexity index is 849. The number of aromatic nitrogens is 3. The maximum atomic E-state index is 12.3. The van der Waals surface area contributed by atoms with Crippen molar-refractivity contribution >= 4 is 11.6 Å². The van der Waals surface area contributed by atoms with Gasteiger partial charge in [-0.3, -0.25) is 9.89 Å². The molecule has 0 bridgehead atoms. The van der Waals surface area contributed by atoms with Crippen molar-refractivity contribution in [2.24, 2.45) is 0 Å². The number of esters is 1. The Morgan fingerprint density at radius 3 is 2.81 bits per heavy atom. The summed E-state index contributed by atoms with van der Waals surface area (Å²) in [5.74, 6) is -0.666. The van der Waals surface area contributed by atoms with Crippen molar-refractivity contribution < 1.29 is 9.53 Å². The molecule has 0 spiro atoms. The van der Waals surface area contributed by atoms with E-state index in [-0.39, 0.29) is 12.2 Å². The van der Waals surface area contributed by atoms with E-state index >= 15 is 0 Å². The van der Waals surface area contributed by atoms with Crippen LogP contribution in [0.1, 0.15) is 17.3 Å². The van der Waals surface area contributed by atoms with Crippen LogP contribution in [0, 0.1) is 0 Å². The van der Waals surface area contributed by atoms with Gasteiger partial charge in [0.05, 0.1) is 6.61 Å². The zero-order valence-electron chi connectivity index (χ0n) is 11.4. The molecule has 106 valence electrons. The zero-order valence-corrected chi connectivity index (χ0v) is 11.4. The third kappa shape index (κ3) is 2.20. The van der Waals surface area contributed by atoms with E-state index in [0.717, 1.165) is 11.1 Å². The minimum absolute atomic E-state index is 0.0872. The smallest absolute Gasteiger partial charge is 0.345 e. The fourth-order valence-corrected chi connectivity index (χ4v) is 2.14. The molecule has 0 radical (unpaired) electrons. The minimum atomic E-state index is -0.666. The van der Waals surface area contributed by atoms with Gasteiger partial charge in [0.1, 0.15) is 5.56 Å². The summed E-state index contributed by atoms with van der Waals surface area (Å²) < 4.78 is 6.09. The molecule has 0 unspecified atom stereocenters. The number of nitrogens with one attached hydrogen (secondary N) is 1. The van der Waals surface area contributed by atoms with E-state index in [0.29, 0.717) is 5.65 Å². The highest BCUT2D eigenvalue weighted by atomic mass is 16.5. The number of fused-ring (bicyclic) bond motifs is 1. The first-order valence-corrected chi connectivity index (χ1v) is 6.54. The summed E-state index contributed by atoms with van der Waals surface area (Å²) in [6.45, 7) is 1.89. The van der Waals surface area contributed by atoms with Crippen molar-refractivity contribution in [1.29, 1.82) is 0 Å². The summed E-state index contributed by atoms with van der Waals surface area (Å²) in [7, 11) is 0. The largest absolute Gasteiger partial charge is 0.462 e. The predicted octanol–water partition coefficient (Wildman–Crippen LogP) is 1.87. The quantitative estimate of drug-likeness (QED) is 0.744. The number of hydrogen-bond donors (Lipinski definition) is 1. The Morgan fingerprint density at radius 2 is 2.10 bits per heavy atom. The van der Waals surface area contributed by atoms with Crippen LogP contribution in [0.4, 0.5) is 0 Å². The number of carbonyl (C=O) groups is 1. The lowest BCUT2D eigenvalue weighted by Crippen LogP contribution is -2.24. The Kier molecular flexibility index (Phi) is 3.27. The Hall–Kier alpha value is -2.89. The molecule has 1 N–H and O–H groups in total. The standard InChI is InChI=1S/C15H13N3O3/c1-2-21-15(20)12-8-16-13-11(9-17-18(13)14(12)19)10-6-4-3-5-7-10/h3-9,17H,2H2,1H3. The fraction of sp³-hybridized carbons (Fsp3) is 0.133. The van der Waals surface area contributed by atoms with Gasteiger partial charge < -0.3 is 4.74 Å². The Labute approximate surface area is 120 Å². The van der Waals surface area contributed by atoms with Gasteiger partial charge in [-0.05, 0) is 12.5 Å². The second kappa shape index (κ2) is 5.24. The highest BCUT2D eigenvalue weighted by Crippen LogP contribution is 2.21. The van der Waals surface area contributed by atoms with Crippen molar-refractivity contribution in [3.05, 3.63) is 58.6 Å². The molecule has 0 amide bonds. The van der Waals surface area contributed by atoms with Crippen LogP contribution in [0.2, 0.25) is 0 Å². The molecule has 1 aromatic carbocycles. The number of benzene rings is 1. The first kappa shape index (κ1) is 13.1. The third-order valence-electron chi connectivity index (χ3n) is 3.12. The molecular formula is C15H13N3O3. The van der Waals surface area contributed by atoms with Gasteiger partial charge in [0, 0.05) is 18.0 Å². The van der Waals surface area contributed by atoms with Gasteiger partial charge in [-0.15, -0.1) is 0 Å². The van der Waals surface area contributed by atoms with Crippen molar-refractivity contribution in [3.8, 4) is 11.1 Å². The molecule has 0 saturated carbocycles. The van der Waals surface area contributed by atoms with Gasteiger partial charge in [-0.25, -0.2) is 14.3 Å². The topological polar surface area (TPSA) is 76.5 Å². The van der Waals surface area contributed by atoms with Crippen LogP contribution in [0.25, 0.3) is 16.8 Å². The van der Waals surface area contributed by atoms with E-state index in [1.165, 1.54) is 10.7 Å². The molecule has 2 heterocycles. The van der Waals surface area contributed by atoms with Gasteiger partial charge in [0.15, 0.2) is 5.65 Å². The van der Waals surface area contributed by atoms with Gasteiger partial charge in [0.25, 0.3) is 5.56 Å². The summed E-state index contributed by atoms with van der Waals surface area (Å²) in [5.41, 5.74) is 1.64. The normalized spacial score (nSPS) is 10.7. The Balaban J connectivity index is 2.16. The predicted molar refractivity (Wildman–Crippen MR) is 77.2 cm³/mol. The van der Waals surface area contributed by atoms with E-state index in [1.807, 2.05) is 30.3 Å². The van der Waals surface area contributed by atoms with E-state index in [9.17, 15) is 9.59 Å². The SMILES string of the molecule is CCOC(=O)c1cnc2c(-c3ccccc3)c[nH]n2c1=O. The number of rotatable bonds is 3. The van der Waals surface area contributed by atoms with E-state index in [1.54, 1.807) is 13.1 Å². The summed E-state index contributed by atoms with van der Waals surface area (Å²) in [4.78, 5) is 28.2. The molecule has 21 heavy (non-hydrogen) atoms. The lowest BCUT2D eigenvalue weighted by molar-refractivity contribution is 0.0523. The number of H-pyrrole nitrogens is 1. The molecule has 0 aliphatic rings. The molecule has 3 aromatic rings. The van der Waals surface area contributed by atoms with Gasteiger partial charge in [0.2, 0.25) is 0 Å². The highest BCUT2D eigenvalue weighted by Gasteiger charge is 2.17. The lowest BCUT2D eigenvalue weighted by atomic mass is 10.1. The third-order valence-corrected chi connectivity index (χ3v) is 3.12. The van der Waals surface area contributed by atoms with Crippen LogP contribution < -0.4 is 5.56 Å². The number of carbonyl (C=O) groups excluding carboxylic acids is 1. The number of aromatic amines is 1. The van der Waals surface area contributed by atoms with E-state index in [4.69, 9.17) is 4.74 Å². The van der Waals surface area contributed by atoms with E-state index < -0.39 is 11.5 Å². The summed E-state index contributed by atoms with van der Waals surface area (Å²) in [5, 5.41) is 2.83. The maximum absolute atomic E-state index is 12.3. The molecule has 6 heteroatoms. The first-order valence-electron chi connectivity index (χ1n) is 6.54. The second-order valence-electron chi connectivity index (χ2n) is 4.41. The summed E-state index contributed by atoms with van der Waals surface area (Å²) in [6, 6.07) is 9.58. The maximum Gasteiger partial charge on any atom is 0.345 e. The number of nitrogens with zero attached hydrogens (tertiary/aromatic N) is 2. The van der Waals surface area contributed by atoms with Crippen molar-refractivity contribution in [3.63, 3.8) is 0 Å². The molecule has 6 nitrogen and oxygen atoms in total. The first-order chi connectivity index (χ1) is 10.2. The number of ether oxygens (including phenoxy) is 1. The summed E-state index contributed by atoms with van der Waals surface area (Å²) in [6.07, 6.45) is 2.95. The van der Waals surface area contributed by atoms with Gasteiger partial charge >= 0.3 is 5.97 Å². The molecule has 3 rings (SSSR count). The van der Waals surface area contributed by atoms with Gasteiger partial charge in [-0.1, -0.05) is 30.3 Å². The Morgan fingerprint density at radius 1 is 1.33 bits per heavy atom. The molecule has 2 aromatic heterocycles. The molecule has 0 atom stereocenters. The highest BCUT2D eigenvalue weighted by molar-refractivity contribution is 5.89. The molecule has 0 fully saturated rings. The van der Waals surface area contributed by atoms with Crippen LogP contribution in [0.5, 0.6) is 0 Å². The van der Waals surface area contributed by atoms with Crippen molar-refractivity contribution in [2.75, 3.05) is 6.61 Å². The number of hydrogen-bond acceptors (Lipinski definition) is 4. The molecule has 0 saturated heterocycles. The minimum Gasteiger partial charge on any atom is -0.462 e. The average molecular weight is 283 g/mol. The van der Waals surface area contributed by atoms with Crippen LogP contribution >= 0.6 is 0 Å². The second-order valence-corrected chi connectivity index (χ2v) is 4.41. The van der Waals surface area contributed by atoms with Gasteiger partial charge in [-0.2, -0.15) is 0 Å². The van der Waals surface area contributed by atoms with E-state index in [2.05, 4.69) is 10.1 Å². The molecule has 0 aliphatic carbocycles. The average Bonchev–Trinajstić information content (AvgIpc) is 2.93. The molecule has 0 aliphatic heterocycles. The van der Waals surface area contributed by atoms with Crippen LogP contribution in [-0.4, -0.2) is 27.2 Å². The molecular weight excluding hydrogens is 270 g/mol. The lowest BCUT2D eigenvalue weighted by Gasteiger charge is -2.02. The zero-order chi connectivity index (χ0) is 14.8. The van der Waals surface area contributed by atoms with Crippen LogP contribution in [-0.2, 0) is 4.74 Å².